The van der Waals surface area contributed by atoms with Crippen molar-refractivity contribution >= 4 is 124 Å². The van der Waals surface area contributed by atoms with Gasteiger partial charge in [0.2, 0.25) is 0 Å². The van der Waals surface area contributed by atoms with Crippen LogP contribution in [0, 0.1) is 0 Å². The van der Waals surface area contributed by atoms with Crippen molar-refractivity contribution in [2.24, 2.45) is 0 Å². The molecule has 0 aliphatic carbocycles. The van der Waals surface area contributed by atoms with E-state index in [9.17, 15) is 0 Å². The summed E-state index contributed by atoms with van der Waals surface area (Å²) < 4.78 is 7.57. The molecule has 0 atom stereocenters. The highest BCUT2D eigenvalue weighted by atomic mass is 32.1. The van der Waals surface area contributed by atoms with Crippen LogP contribution in [0.3, 0.4) is 0 Å². The molecule has 61 heavy (non-hydrogen) atoms. The maximum atomic E-state index is 5.91. The number of hydrogen-bond donors (Lipinski definition) is 0. The molecule has 0 fully saturated rings. The highest BCUT2D eigenvalue weighted by Gasteiger charge is 2.28. The zero-order valence-corrected chi connectivity index (χ0v) is 33.3. The van der Waals surface area contributed by atoms with Crippen LogP contribution in [0.1, 0.15) is 0 Å². The summed E-state index contributed by atoms with van der Waals surface area (Å²) in [6.45, 7) is 0. The maximum Gasteiger partial charge on any atom is 0.165 e. The van der Waals surface area contributed by atoms with Crippen molar-refractivity contribution in [3.63, 3.8) is 0 Å². The van der Waals surface area contributed by atoms with E-state index in [0.717, 1.165) is 55.3 Å². The van der Waals surface area contributed by atoms with E-state index in [0.29, 0.717) is 0 Å². The smallest absolute Gasteiger partial charge is 0.165 e. The lowest BCUT2D eigenvalue weighted by Crippen LogP contribution is -2.05. The number of fused-ring (bicyclic) bond motifs is 11. The number of hydrogen-bond acceptors (Lipinski definition) is 3. The third kappa shape index (κ3) is 3.99. The van der Waals surface area contributed by atoms with Crippen LogP contribution in [0.2, 0.25) is 0 Å². The average molecular weight is 791 g/mol. The molecule has 0 unspecified atom stereocenters. The van der Waals surface area contributed by atoms with Gasteiger partial charge in [0.05, 0.1) is 38.6 Å². The van der Waals surface area contributed by atoms with E-state index in [2.05, 4.69) is 191 Å². The predicted molar refractivity (Wildman–Crippen MR) is 258 cm³/mol. The number of thiophene rings is 1. The van der Waals surface area contributed by atoms with Gasteiger partial charge in [0.15, 0.2) is 5.82 Å². The molecule has 4 nitrogen and oxygen atoms in total. The highest BCUT2D eigenvalue weighted by Crippen LogP contribution is 2.51. The Morgan fingerprint density at radius 3 is 1.70 bits per heavy atom. The van der Waals surface area contributed by atoms with Crippen molar-refractivity contribution in [1.82, 2.24) is 18.9 Å². The van der Waals surface area contributed by atoms with Gasteiger partial charge < -0.3 is 4.40 Å². The molecule has 280 valence electrons. The lowest BCUT2D eigenvalue weighted by Gasteiger charge is -2.18. The van der Waals surface area contributed by atoms with Crippen LogP contribution in [-0.2, 0) is 0 Å². The van der Waals surface area contributed by atoms with E-state index in [-0.39, 0.29) is 0 Å². The summed E-state index contributed by atoms with van der Waals surface area (Å²) in [5, 5.41) is 14.6. The first-order valence-electron chi connectivity index (χ1n) is 20.8. The van der Waals surface area contributed by atoms with Crippen molar-refractivity contribution in [1.29, 1.82) is 0 Å². The van der Waals surface area contributed by atoms with Crippen molar-refractivity contribution in [2.45, 2.75) is 0 Å². The highest BCUT2D eigenvalue weighted by molar-refractivity contribution is 7.26. The average Bonchev–Trinajstić information content (AvgIpc) is 3.95. The van der Waals surface area contributed by atoms with Crippen molar-refractivity contribution in [3.8, 4) is 28.2 Å². The number of benzene rings is 10. The Morgan fingerprint density at radius 1 is 0.344 bits per heavy atom. The molecule has 10 aromatic carbocycles. The molecule has 0 saturated heterocycles. The van der Waals surface area contributed by atoms with Crippen molar-refractivity contribution in [2.75, 3.05) is 0 Å². The minimum absolute atomic E-state index is 0.824. The summed E-state index contributed by atoms with van der Waals surface area (Å²) in [5.74, 6) is 0.824. The molecule has 15 aromatic rings. The molecule has 5 heterocycles. The minimum atomic E-state index is 0.824. The summed E-state index contributed by atoms with van der Waals surface area (Å²) in [7, 11) is 0. The largest absolute Gasteiger partial charge is 0.308 e. The van der Waals surface area contributed by atoms with E-state index in [1.165, 1.54) is 85.6 Å². The summed E-state index contributed by atoms with van der Waals surface area (Å²) in [6, 6.07) is 66.4. The lowest BCUT2D eigenvalue weighted by molar-refractivity contribution is 1.08. The standard InChI is InChI=1S/C56H30N4S/c1-2-13-31(14-3-1)32-25-26-40(34-16-5-4-15-33(32)34)54-56(58-53-39-21-9-7-18-36(39)35-17-6-8-20-38(35)52(53)57-54)60-44-24-12-23-43-48(44)49-45(60)28-30-46-50(49)51-47(61-46)29-27-41-37-19-10-11-22-42(37)59(43)55(41)51/h1-30H. The van der Waals surface area contributed by atoms with Crippen LogP contribution in [-0.4, -0.2) is 18.9 Å². The zero-order valence-electron chi connectivity index (χ0n) is 32.5. The second-order valence-corrected chi connectivity index (χ2v) is 17.5. The van der Waals surface area contributed by atoms with Crippen LogP contribution < -0.4 is 0 Å². The molecule has 0 radical (unpaired) electrons. The summed E-state index contributed by atoms with van der Waals surface area (Å²) in [6.07, 6.45) is 0. The molecule has 5 heteroatoms. The Hall–Kier alpha value is -7.86. The van der Waals surface area contributed by atoms with Gasteiger partial charge in [0.1, 0.15) is 5.69 Å². The van der Waals surface area contributed by atoms with Gasteiger partial charge in [-0.2, -0.15) is 0 Å². The molecular formula is C56H30N4S. The molecular weight excluding hydrogens is 761 g/mol. The van der Waals surface area contributed by atoms with Gasteiger partial charge in [0.25, 0.3) is 0 Å². The first-order valence-corrected chi connectivity index (χ1v) is 21.7. The van der Waals surface area contributed by atoms with Crippen molar-refractivity contribution < 1.29 is 0 Å². The molecule has 0 saturated carbocycles. The third-order valence-electron chi connectivity index (χ3n) is 13.4. The van der Waals surface area contributed by atoms with Gasteiger partial charge in [-0.3, -0.25) is 4.57 Å². The first-order chi connectivity index (χ1) is 30.3. The minimum Gasteiger partial charge on any atom is -0.308 e. The van der Waals surface area contributed by atoms with E-state index in [4.69, 9.17) is 9.97 Å². The molecule has 0 aliphatic rings. The van der Waals surface area contributed by atoms with Crippen molar-refractivity contribution in [3.05, 3.63) is 182 Å². The summed E-state index contributed by atoms with van der Waals surface area (Å²) in [5.41, 5.74) is 12.1. The third-order valence-corrected chi connectivity index (χ3v) is 14.5. The lowest BCUT2D eigenvalue weighted by atomic mass is 9.93. The Morgan fingerprint density at radius 2 is 0.918 bits per heavy atom. The predicted octanol–water partition coefficient (Wildman–Crippen LogP) is 15.3. The normalized spacial score (nSPS) is 12.6. The van der Waals surface area contributed by atoms with Gasteiger partial charge in [-0.15, -0.1) is 11.3 Å². The van der Waals surface area contributed by atoms with Crippen LogP contribution in [0.25, 0.3) is 141 Å². The fourth-order valence-corrected chi connectivity index (χ4v) is 12.1. The second-order valence-electron chi connectivity index (χ2n) is 16.4. The molecule has 5 aromatic heterocycles. The van der Waals surface area contributed by atoms with E-state index in [1.807, 2.05) is 11.3 Å². The number of rotatable bonds is 3. The van der Waals surface area contributed by atoms with E-state index < -0.39 is 0 Å². The Bertz CT molecular complexity index is 4340. The monoisotopic (exact) mass is 790 g/mol. The topological polar surface area (TPSA) is 35.1 Å². The fraction of sp³-hybridized carbons (Fsp3) is 0. The molecule has 0 aliphatic heterocycles. The second kappa shape index (κ2) is 11.4. The fourth-order valence-electron chi connectivity index (χ4n) is 11.0. The molecule has 0 N–H and O–H groups in total. The SMILES string of the molecule is c1ccc(-c2ccc(-c3nc4c5ccccc5c5ccccc5c4nc3-n3c4ccc5sc6ccc7c8ccccc8n8c9cccc3c9c4c5c6c78)c3ccccc23)cc1. The Balaban J connectivity index is 1.17. The van der Waals surface area contributed by atoms with Gasteiger partial charge in [-0.1, -0.05) is 146 Å². The van der Waals surface area contributed by atoms with Crippen LogP contribution >= 0.6 is 11.3 Å². The van der Waals surface area contributed by atoms with Crippen LogP contribution in [0.4, 0.5) is 0 Å². The molecule has 15 rings (SSSR count). The number of aromatic nitrogens is 4. The van der Waals surface area contributed by atoms with Gasteiger partial charge in [0, 0.05) is 58.1 Å². The summed E-state index contributed by atoms with van der Waals surface area (Å²) >= 11 is 1.89. The van der Waals surface area contributed by atoms with Gasteiger partial charge in [-0.25, -0.2) is 9.97 Å². The van der Waals surface area contributed by atoms with E-state index in [1.54, 1.807) is 0 Å². The number of nitrogens with zero attached hydrogens (tertiary/aromatic N) is 4. The Labute approximate surface area is 351 Å². The van der Waals surface area contributed by atoms with Gasteiger partial charge in [-0.05, 0) is 69.1 Å². The molecule has 0 bridgehead atoms. The maximum absolute atomic E-state index is 5.91. The molecule has 0 amide bonds. The quantitative estimate of drug-likeness (QED) is 0.167. The van der Waals surface area contributed by atoms with Crippen LogP contribution in [0.5, 0.6) is 0 Å². The van der Waals surface area contributed by atoms with Gasteiger partial charge >= 0.3 is 0 Å². The van der Waals surface area contributed by atoms with E-state index >= 15 is 0 Å². The first kappa shape index (κ1) is 32.0. The number of para-hydroxylation sites is 1. The zero-order chi connectivity index (χ0) is 39.5. The van der Waals surface area contributed by atoms with Crippen LogP contribution in [0.15, 0.2) is 182 Å². The Kier molecular flexibility index (Phi) is 6.01. The summed E-state index contributed by atoms with van der Waals surface area (Å²) in [4.78, 5) is 11.8. The molecule has 0 spiro atoms.